The summed E-state index contributed by atoms with van der Waals surface area (Å²) in [6, 6.07) is 10.7. The monoisotopic (exact) mass is 343 g/mol. The summed E-state index contributed by atoms with van der Waals surface area (Å²) in [6.07, 6.45) is 0. The molecule has 0 bridgehead atoms. The first-order chi connectivity index (χ1) is 9.79. The lowest BCUT2D eigenvalue weighted by Crippen LogP contribution is -2.13. The van der Waals surface area contributed by atoms with Gasteiger partial charge in [0.05, 0.1) is 15.5 Å². The van der Waals surface area contributed by atoms with Crippen molar-refractivity contribution in [3.05, 3.63) is 53.1 Å². The van der Waals surface area contributed by atoms with Crippen molar-refractivity contribution in [2.75, 3.05) is 0 Å². The molecule has 0 saturated carbocycles. The number of nitrogens with two attached hydrogens (primary N) is 1. The third kappa shape index (κ3) is 3.76. The maximum atomic E-state index is 11.5. The number of rotatable bonds is 4. The molecule has 110 valence electrons. The van der Waals surface area contributed by atoms with Gasteiger partial charge in [-0.3, -0.25) is 0 Å². The summed E-state index contributed by atoms with van der Waals surface area (Å²) in [5.74, 6) is -1.15. The van der Waals surface area contributed by atoms with Gasteiger partial charge in [0.1, 0.15) is 0 Å². The van der Waals surface area contributed by atoms with Gasteiger partial charge in [-0.2, -0.15) is 0 Å². The van der Waals surface area contributed by atoms with Gasteiger partial charge in [-0.25, -0.2) is 18.4 Å². The third-order valence-electron chi connectivity index (χ3n) is 2.55. The number of carbonyl (C=O) groups is 1. The molecule has 0 aliphatic carbocycles. The summed E-state index contributed by atoms with van der Waals surface area (Å²) in [6.45, 7) is 0. The molecule has 0 aromatic heterocycles. The molecule has 21 heavy (non-hydrogen) atoms. The highest BCUT2D eigenvalue weighted by Gasteiger charge is 2.15. The van der Waals surface area contributed by atoms with E-state index in [1.165, 1.54) is 18.2 Å². The molecule has 2 aromatic carbocycles. The molecular formula is C13H10ClNO4S2. The molecule has 0 aliphatic rings. The maximum absolute atomic E-state index is 11.5. The first-order valence-corrected chi connectivity index (χ1v) is 8.35. The van der Waals surface area contributed by atoms with Crippen LogP contribution in [-0.2, 0) is 10.0 Å². The van der Waals surface area contributed by atoms with Crippen LogP contribution >= 0.6 is 23.4 Å². The minimum absolute atomic E-state index is 0.0122. The Bertz CT molecular complexity index is 806. The molecule has 8 heteroatoms. The summed E-state index contributed by atoms with van der Waals surface area (Å²) >= 11 is 6.89. The fourth-order valence-electron chi connectivity index (χ4n) is 1.63. The van der Waals surface area contributed by atoms with Crippen molar-refractivity contribution >= 4 is 39.4 Å². The number of benzene rings is 2. The van der Waals surface area contributed by atoms with Crippen molar-refractivity contribution in [3.63, 3.8) is 0 Å². The van der Waals surface area contributed by atoms with Gasteiger partial charge in [-0.15, -0.1) is 0 Å². The second-order valence-electron chi connectivity index (χ2n) is 4.04. The Balaban J connectivity index is 2.45. The molecule has 0 fully saturated rings. The van der Waals surface area contributed by atoms with Gasteiger partial charge < -0.3 is 5.11 Å². The van der Waals surface area contributed by atoms with Gasteiger partial charge in [0.2, 0.25) is 10.0 Å². The number of sulfonamides is 1. The van der Waals surface area contributed by atoms with Gasteiger partial charge >= 0.3 is 5.97 Å². The Hall–Kier alpha value is -1.54. The second-order valence-corrected chi connectivity index (χ2v) is 7.09. The molecule has 0 radical (unpaired) electrons. The van der Waals surface area contributed by atoms with Gasteiger partial charge in [0, 0.05) is 9.79 Å². The van der Waals surface area contributed by atoms with E-state index in [4.69, 9.17) is 21.8 Å². The van der Waals surface area contributed by atoms with Crippen LogP contribution in [-0.4, -0.2) is 19.5 Å². The van der Waals surface area contributed by atoms with E-state index in [9.17, 15) is 13.2 Å². The van der Waals surface area contributed by atoms with Crippen molar-refractivity contribution in [1.82, 2.24) is 0 Å². The normalized spacial score (nSPS) is 11.3. The Kier molecular flexibility index (Phi) is 4.58. The molecule has 0 aliphatic heterocycles. The van der Waals surface area contributed by atoms with Gasteiger partial charge in [0.15, 0.2) is 0 Å². The van der Waals surface area contributed by atoms with Crippen LogP contribution in [0.1, 0.15) is 10.4 Å². The first-order valence-electron chi connectivity index (χ1n) is 5.61. The molecule has 5 nitrogen and oxygen atoms in total. The number of carboxylic acid groups (broad SMARTS) is 1. The molecule has 0 atom stereocenters. The van der Waals surface area contributed by atoms with Gasteiger partial charge in [0.25, 0.3) is 0 Å². The zero-order chi connectivity index (χ0) is 15.6. The molecule has 3 N–H and O–H groups in total. The summed E-state index contributed by atoms with van der Waals surface area (Å²) in [5.41, 5.74) is -0.0465. The van der Waals surface area contributed by atoms with Crippen molar-refractivity contribution in [3.8, 4) is 0 Å². The molecule has 2 aromatic rings. The average Bonchev–Trinajstić information content (AvgIpc) is 2.40. The molecule has 0 unspecified atom stereocenters. The lowest BCUT2D eigenvalue weighted by molar-refractivity contribution is 0.0697. The highest BCUT2D eigenvalue weighted by molar-refractivity contribution is 8.00. The van der Waals surface area contributed by atoms with Crippen molar-refractivity contribution in [1.29, 1.82) is 0 Å². The van der Waals surface area contributed by atoms with Crippen LogP contribution in [0.2, 0.25) is 5.02 Å². The summed E-state index contributed by atoms with van der Waals surface area (Å²) in [7, 11) is -3.85. The fourth-order valence-corrected chi connectivity index (χ4v) is 3.80. The molecular weight excluding hydrogens is 334 g/mol. The van der Waals surface area contributed by atoms with E-state index in [1.807, 2.05) is 0 Å². The standard InChI is InChI=1S/C13H10ClNO4S2/c14-10-6-5-8(7-9(10)13(16)17)20-11-3-1-2-4-12(11)21(15,18)19/h1-7H,(H,16,17)(H2,15,18,19). The summed E-state index contributed by atoms with van der Waals surface area (Å²) in [5, 5.41) is 14.3. The summed E-state index contributed by atoms with van der Waals surface area (Å²) < 4.78 is 23.0. The van der Waals surface area contributed by atoms with E-state index < -0.39 is 16.0 Å². The van der Waals surface area contributed by atoms with Gasteiger partial charge in [-0.1, -0.05) is 35.5 Å². The maximum Gasteiger partial charge on any atom is 0.337 e. The van der Waals surface area contributed by atoms with Crippen LogP contribution < -0.4 is 5.14 Å². The Morgan fingerprint density at radius 1 is 1.19 bits per heavy atom. The molecule has 0 heterocycles. The molecule has 2 rings (SSSR count). The second kappa shape index (κ2) is 6.07. The SMILES string of the molecule is NS(=O)(=O)c1ccccc1Sc1ccc(Cl)c(C(=O)O)c1. The Morgan fingerprint density at radius 2 is 1.86 bits per heavy atom. The van der Waals surface area contributed by atoms with E-state index >= 15 is 0 Å². The zero-order valence-corrected chi connectivity index (χ0v) is 12.9. The van der Waals surface area contributed by atoms with Crippen LogP contribution in [0, 0.1) is 0 Å². The number of hydrogen-bond acceptors (Lipinski definition) is 4. The van der Waals surface area contributed by atoms with Crippen LogP contribution in [0.3, 0.4) is 0 Å². The van der Waals surface area contributed by atoms with Crippen molar-refractivity contribution in [2.24, 2.45) is 5.14 Å². The van der Waals surface area contributed by atoms with E-state index in [0.29, 0.717) is 9.79 Å². The smallest absolute Gasteiger partial charge is 0.337 e. The lowest BCUT2D eigenvalue weighted by atomic mass is 10.2. The van der Waals surface area contributed by atoms with Gasteiger partial charge in [-0.05, 0) is 30.3 Å². The number of primary sulfonamides is 1. The average molecular weight is 344 g/mol. The molecule has 0 saturated heterocycles. The zero-order valence-electron chi connectivity index (χ0n) is 10.5. The summed E-state index contributed by atoms with van der Waals surface area (Å²) in [4.78, 5) is 12.0. The van der Waals surface area contributed by atoms with E-state index in [-0.39, 0.29) is 15.5 Å². The van der Waals surface area contributed by atoms with Crippen LogP contribution in [0.15, 0.2) is 57.2 Å². The molecule has 0 spiro atoms. The number of carboxylic acids is 1. The Labute approximate surface area is 130 Å². The predicted octanol–water partition coefficient (Wildman–Crippen LogP) is 2.84. The highest BCUT2D eigenvalue weighted by Crippen LogP contribution is 2.34. The Morgan fingerprint density at radius 3 is 2.48 bits per heavy atom. The minimum atomic E-state index is -3.85. The topological polar surface area (TPSA) is 97.5 Å². The van der Waals surface area contributed by atoms with Crippen molar-refractivity contribution < 1.29 is 18.3 Å². The van der Waals surface area contributed by atoms with Crippen LogP contribution in [0.5, 0.6) is 0 Å². The quantitative estimate of drug-likeness (QED) is 0.889. The van der Waals surface area contributed by atoms with Crippen LogP contribution in [0.4, 0.5) is 0 Å². The van der Waals surface area contributed by atoms with E-state index in [0.717, 1.165) is 11.8 Å². The largest absolute Gasteiger partial charge is 0.478 e. The number of hydrogen-bond donors (Lipinski definition) is 2. The van der Waals surface area contributed by atoms with E-state index in [2.05, 4.69) is 0 Å². The predicted molar refractivity (Wildman–Crippen MR) is 80.3 cm³/mol. The third-order valence-corrected chi connectivity index (χ3v) is 5.05. The van der Waals surface area contributed by atoms with E-state index in [1.54, 1.807) is 24.3 Å². The lowest BCUT2D eigenvalue weighted by Gasteiger charge is -2.08. The van der Waals surface area contributed by atoms with Crippen LogP contribution in [0.25, 0.3) is 0 Å². The number of aromatic carboxylic acids is 1. The van der Waals surface area contributed by atoms with Crippen molar-refractivity contribution in [2.45, 2.75) is 14.7 Å². The minimum Gasteiger partial charge on any atom is -0.478 e. The first kappa shape index (κ1) is 15.8. The molecule has 0 amide bonds. The highest BCUT2D eigenvalue weighted by atomic mass is 35.5. The number of halogens is 1. The fraction of sp³-hybridized carbons (Fsp3) is 0.